The van der Waals surface area contributed by atoms with Gasteiger partial charge in [0, 0.05) is 17.8 Å². The highest BCUT2D eigenvalue weighted by Crippen LogP contribution is 2.39. The molecule has 1 heterocycles. The monoisotopic (exact) mass is 484 g/mol. The molecule has 0 fully saturated rings. The minimum Gasteiger partial charge on any atom is -0.144 e. The molecule has 1 aromatic carbocycles. The predicted octanol–water partition coefficient (Wildman–Crippen LogP) is 6.16. The van der Waals surface area contributed by atoms with Gasteiger partial charge < -0.3 is 0 Å². The lowest BCUT2D eigenvalue weighted by Crippen LogP contribution is -1.92. The quantitative estimate of drug-likeness (QED) is 0.360. The van der Waals surface area contributed by atoms with Crippen LogP contribution in [0.4, 0.5) is 0 Å². The first-order chi connectivity index (χ1) is 8.11. The van der Waals surface area contributed by atoms with Gasteiger partial charge in [-0.05, 0) is 64.9 Å². The van der Waals surface area contributed by atoms with Crippen molar-refractivity contribution in [2.45, 2.75) is 18.2 Å². The molecule has 0 bridgehead atoms. The minimum atomic E-state index is 0.275. The van der Waals surface area contributed by atoms with Gasteiger partial charge >= 0.3 is 0 Å². The van der Waals surface area contributed by atoms with Gasteiger partial charge in [0.1, 0.15) is 0 Å². The molecule has 0 aliphatic heterocycles. The Morgan fingerprint density at radius 1 is 1.29 bits per heavy atom. The van der Waals surface area contributed by atoms with Crippen LogP contribution in [-0.4, -0.2) is 0 Å². The molecule has 0 N–H and O–H groups in total. The number of benzene rings is 1. The van der Waals surface area contributed by atoms with Gasteiger partial charge in [-0.15, -0.1) is 11.3 Å². The first-order valence-electron chi connectivity index (χ1n) is 5.29. The average Bonchev–Trinajstić information content (AvgIpc) is 2.80. The van der Waals surface area contributed by atoms with Crippen molar-refractivity contribution < 1.29 is 0 Å². The zero-order valence-electron chi connectivity index (χ0n) is 9.21. The molecule has 4 heteroatoms. The van der Waals surface area contributed by atoms with E-state index in [1.165, 1.54) is 18.9 Å². The fourth-order valence-corrected chi connectivity index (χ4v) is 4.64. The molecule has 0 aliphatic carbocycles. The molecular formula is C13H11Br2IS. The first-order valence-corrected chi connectivity index (χ1v) is 8.90. The smallest absolute Gasteiger partial charge is 0.0749 e. The number of rotatable bonds is 3. The van der Waals surface area contributed by atoms with Gasteiger partial charge in [0.15, 0.2) is 0 Å². The lowest BCUT2D eigenvalue weighted by molar-refractivity contribution is 1.19. The second kappa shape index (κ2) is 6.17. The van der Waals surface area contributed by atoms with Crippen molar-refractivity contribution in [2.75, 3.05) is 0 Å². The summed E-state index contributed by atoms with van der Waals surface area (Å²) in [5.74, 6) is 0. The van der Waals surface area contributed by atoms with E-state index in [2.05, 4.69) is 91.7 Å². The van der Waals surface area contributed by atoms with Gasteiger partial charge in [-0.25, -0.2) is 0 Å². The number of thiophene rings is 1. The van der Waals surface area contributed by atoms with Crippen LogP contribution in [0.5, 0.6) is 0 Å². The molecule has 0 aliphatic rings. The topological polar surface area (TPSA) is 0 Å². The second-order valence-electron chi connectivity index (χ2n) is 3.69. The summed E-state index contributed by atoms with van der Waals surface area (Å²) in [5.41, 5.74) is 1.29. The van der Waals surface area contributed by atoms with E-state index in [1.807, 2.05) is 11.3 Å². The number of halogens is 3. The number of alkyl halides is 1. The first kappa shape index (κ1) is 14.0. The standard InChI is InChI=1S/C13H11Br2IS/c1-2-9-4-6-12(17-9)13(15)10-7-8(16)3-5-11(10)14/h3-7,13H,2H2,1H3. The number of aryl methyl sites for hydroxylation is 1. The van der Waals surface area contributed by atoms with Gasteiger partial charge in [-0.3, -0.25) is 0 Å². The van der Waals surface area contributed by atoms with Crippen LogP contribution in [0.3, 0.4) is 0 Å². The van der Waals surface area contributed by atoms with E-state index < -0.39 is 0 Å². The lowest BCUT2D eigenvalue weighted by atomic mass is 10.1. The predicted molar refractivity (Wildman–Crippen MR) is 91.3 cm³/mol. The highest BCUT2D eigenvalue weighted by Gasteiger charge is 2.15. The third kappa shape index (κ3) is 3.33. The van der Waals surface area contributed by atoms with Crippen molar-refractivity contribution in [3.63, 3.8) is 0 Å². The molecule has 1 aromatic heterocycles. The summed E-state index contributed by atoms with van der Waals surface area (Å²) in [5, 5.41) is 0. The summed E-state index contributed by atoms with van der Waals surface area (Å²) < 4.78 is 2.42. The Hall–Kier alpha value is 0.610. The third-order valence-electron chi connectivity index (χ3n) is 2.51. The molecule has 0 amide bonds. The highest BCUT2D eigenvalue weighted by atomic mass is 127. The Morgan fingerprint density at radius 3 is 2.71 bits per heavy atom. The summed E-state index contributed by atoms with van der Waals surface area (Å²) in [6, 6.07) is 10.9. The van der Waals surface area contributed by atoms with Gasteiger partial charge in [0.25, 0.3) is 0 Å². The molecular weight excluding hydrogens is 475 g/mol. The van der Waals surface area contributed by atoms with E-state index in [0.717, 1.165) is 10.9 Å². The molecule has 0 nitrogen and oxygen atoms in total. The molecule has 0 saturated carbocycles. The van der Waals surface area contributed by atoms with Gasteiger partial charge in [-0.1, -0.05) is 38.8 Å². The van der Waals surface area contributed by atoms with E-state index in [9.17, 15) is 0 Å². The maximum absolute atomic E-state index is 3.80. The summed E-state index contributed by atoms with van der Waals surface area (Å²) >= 11 is 11.7. The summed E-state index contributed by atoms with van der Waals surface area (Å²) in [6.45, 7) is 2.19. The van der Waals surface area contributed by atoms with E-state index in [0.29, 0.717) is 0 Å². The van der Waals surface area contributed by atoms with Crippen LogP contribution in [0.25, 0.3) is 0 Å². The largest absolute Gasteiger partial charge is 0.144 e. The Labute approximate surface area is 136 Å². The van der Waals surface area contributed by atoms with Crippen LogP contribution in [0, 0.1) is 3.57 Å². The fraction of sp³-hybridized carbons (Fsp3) is 0.231. The van der Waals surface area contributed by atoms with Crippen LogP contribution in [-0.2, 0) is 6.42 Å². The zero-order chi connectivity index (χ0) is 12.4. The molecule has 1 atom stereocenters. The van der Waals surface area contributed by atoms with Crippen molar-refractivity contribution >= 4 is 65.8 Å². The Kier molecular flexibility index (Phi) is 5.09. The Balaban J connectivity index is 2.35. The van der Waals surface area contributed by atoms with Crippen LogP contribution in [0.2, 0.25) is 0 Å². The van der Waals surface area contributed by atoms with Crippen LogP contribution in [0.1, 0.15) is 27.1 Å². The molecule has 1 unspecified atom stereocenters. The zero-order valence-corrected chi connectivity index (χ0v) is 15.4. The van der Waals surface area contributed by atoms with Crippen molar-refractivity contribution in [3.8, 4) is 0 Å². The van der Waals surface area contributed by atoms with Crippen LogP contribution in [0.15, 0.2) is 34.8 Å². The Morgan fingerprint density at radius 2 is 2.06 bits per heavy atom. The lowest BCUT2D eigenvalue weighted by Gasteiger charge is -2.11. The summed E-state index contributed by atoms with van der Waals surface area (Å²) in [7, 11) is 0. The van der Waals surface area contributed by atoms with Crippen LogP contribution < -0.4 is 0 Å². The van der Waals surface area contributed by atoms with E-state index in [1.54, 1.807) is 0 Å². The fourth-order valence-electron chi connectivity index (χ4n) is 1.58. The van der Waals surface area contributed by atoms with Crippen molar-refractivity contribution in [1.29, 1.82) is 0 Å². The SMILES string of the molecule is CCc1ccc(C(Br)c2cc(I)ccc2Br)s1. The number of hydrogen-bond donors (Lipinski definition) is 0. The van der Waals surface area contributed by atoms with E-state index in [-0.39, 0.29) is 4.83 Å². The Bertz CT molecular complexity index is 522. The van der Waals surface area contributed by atoms with Crippen molar-refractivity contribution in [3.05, 3.63) is 53.7 Å². The van der Waals surface area contributed by atoms with Gasteiger partial charge in [-0.2, -0.15) is 0 Å². The molecule has 17 heavy (non-hydrogen) atoms. The van der Waals surface area contributed by atoms with E-state index in [4.69, 9.17) is 0 Å². The van der Waals surface area contributed by atoms with Gasteiger partial charge in [0.2, 0.25) is 0 Å². The third-order valence-corrected chi connectivity index (χ3v) is 6.49. The maximum atomic E-state index is 3.80. The molecule has 0 radical (unpaired) electrons. The second-order valence-corrected chi connectivity index (χ2v) is 7.90. The van der Waals surface area contributed by atoms with Crippen molar-refractivity contribution in [2.24, 2.45) is 0 Å². The molecule has 2 rings (SSSR count). The molecule has 2 aromatic rings. The highest BCUT2D eigenvalue weighted by molar-refractivity contribution is 14.1. The summed E-state index contributed by atoms with van der Waals surface area (Å²) in [6.07, 6.45) is 1.11. The van der Waals surface area contributed by atoms with Crippen LogP contribution >= 0.6 is 65.8 Å². The van der Waals surface area contributed by atoms with Gasteiger partial charge in [0.05, 0.1) is 4.83 Å². The maximum Gasteiger partial charge on any atom is 0.0749 e. The van der Waals surface area contributed by atoms with E-state index >= 15 is 0 Å². The number of hydrogen-bond acceptors (Lipinski definition) is 1. The molecule has 90 valence electrons. The molecule has 0 spiro atoms. The normalized spacial score (nSPS) is 12.7. The van der Waals surface area contributed by atoms with Crippen molar-refractivity contribution in [1.82, 2.24) is 0 Å². The average molecular weight is 486 g/mol. The molecule has 0 saturated heterocycles. The summed E-state index contributed by atoms with van der Waals surface area (Å²) in [4.78, 5) is 3.08. The minimum absolute atomic E-state index is 0.275.